The Bertz CT molecular complexity index is 1540. The van der Waals surface area contributed by atoms with Crippen LogP contribution in [0.3, 0.4) is 0 Å². The monoisotopic (exact) mass is 618 g/mol. The molecule has 4 nitrogen and oxygen atoms in total. The largest absolute Gasteiger partial charge is 0.381 e. The fourth-order valence-electron chi connectivity index (χ4n) is 6.89. The SMILES string of the molecule is O=C1c2ccccc2C(=O)c2c(NC3CCCCC3)c(Sc3ccccc3)c(Sc3ccccc3)c(NC3CCCCC3)c21. The smallest absolute Gasteiger partial charge is 0.196 e. The zero-order valence-electron chi connectivity index (χ0n) is 24.9. The van der Waals surface area contributed by atoms with Crippen molar-refractivity contribution in [3.8, 4) is 0 Å². The van der Waals surface area contributed by atoms with E-state index in [1.165, 1.54) is 38.5 Å². The fourth-order valence-corrected chi connectivity index (χ4v) is 9.12. The van der Waals surface area contributed by atoms with Crippen molar-refractivity contribution in [3.63, 3.8) is 0 Å². The van der Waals surface area contributed by atoms with E-state index in [1.807, 2.05) is 36.4 Å². The van der Waals surface area contributed by atoms with Gasteiger partial charge in [-0.2, -0.15) is 0 Å². The first-order valence-electron chi connectivity index (χ1n) is 16.1. The highest BCUT2D eigenvalue weighted by molar-refractivity contribution is 8.02. The van der Waals surface area contributed by atoms with Gasteiger partial charge in [-0.05, 0) is 49.9 Å². The topological polar surface area (TPSA) is 58.2 Å². The number of carbonyl (C=O) groups is 2. The van der Waals surface area contributed by atoms with E-state index in [2.05, 4.69) is 59.2 Å². The molecule has 4 aromatic rings. The van der Waals surface area contributed by atoms with Gasteiger partial charge in [-0.3, -0.25) is 9.59 Å². The first-order valence-corrected chi connectivity index (χ1v) is 17.7. The van der Waals surface area contributed by atoms with Crippen molar-refractivity contribution in [2.45, 2.75) is 95.9 Å². The summed E-state index contributed by atoms with van der Waals surface area (Å²) in [6, 6.07) is 28.7. The van der Waals surface area contributed by atoms with E-state index in [0.717, 1.165) is 56.6 Å². The molecule has 0 aliphatic heterocycles. The molecule has 44 heavy (non-hydrogen) atoms. The highest BCUT2D eigenvalue weighted by Crippen LogP contribution is 2.53. The lowest BCUT2D eigenvalue weighted by Crippen LogP contribution is -2.30. The molecule has 0 aromatic heterocycles. The second-order valence-corrected chi connectivity index (χ2v) is 14.3. The van der Waals surface area contributed by atoms with Crippen LogP contribution in [0, 0.1) is 0 Å². The second-order valence-electron chi connectivity index (χ2n) is 12.2. The molecule has 0 atom stereocenters. The molecule has 3 aliphatic carbocycles. The predicted octanol–water partition coefficient (Wildman–Crippen LogP) is 10.3. The number of carbonyl (C=O) groups excluding carboxylic acids is 2. The molecule has 0 radical (unpaired) electrons. The molecule has 7 rings (SSSR count). The van der Waals surface area contributed by atoms with Gasteiger partial charge in [0.2, 0.25) is 0 Å². The predicted molar refractivity (Wildman–Crippen MR) is 182 cm³/mol. The average molecular weight is 619 g/mol. The molecule has 6 heteroatoms. The van der Waals surface area contributed by atoms with Crippen LogP contribution in [-0.2, 0) is 0 Å². The molecule has 2 fully saturated rings. The molecule has 4 aromatic carbocycles. The lowest BCUT2D eigenvalue weighted by atomic mass is 9.81. The maximum atomic E-state index is 14.6. The Morgan fingerprint density at radius 3 is 1.23 bits per heavy atom. The van der Waals surface area contributed by atoms with Crippen LogP contribution in [0.5, 0.6) is 0 Å². The number of anilines is 2. The summed E-state index contributed by atoms with van der Waals surface area (Å²) in [5.41, 5.74) is 3.71. The molecule has 224 valence electrons. The first-order chi connectivity index (χ1) is 21.7. The minimum atomic E-state index is -0.0635. The van der Waals surface area contributed by atoms with Gasteiger partial charge in [0.25, 0.3) is 0 Å². The minimum Gasteiger partial charge on any atom is -0.381 e. The quantitative estimate of drug-likeness (QED) is 0.180. The number of benzene rings is 4. The van der Waals surface area contributed by atoms with Crippen molar-refractivity contribution in [3.05, 3.63) is 107 Å². The van der Waals surface area contributed by atoms with Crippen LogP contribution in [0.4, 0.5) is 11.4 Å². The van der Waals surface area contributed by atoms with Gasteiger partial charge in [-0.1, -0.05) is 123 Å². The van der Waals surface area contributed by atoms with E-state index in [0.29, 0.717) is 22.3 Å². The molecule has 0 spiro atoms. The van der Waals surface area contributed by atoms with E-state index in [-0.39, 0.29) is 23.7 Å². The molecule has 3 aliphatic rings. The summed E-state index contributed by atoms with van der Waals surface area (Å²) in [4.78, 5) is 33.4. The van der Waals surface area contributed by atoms with Crippen LogP contribution < -0.4 is 10.6 Å². The van der Waals surface area contributed by atoms with Gasteiger partial charge in [-0.15, -0.1) is 0 Å². The number of hydrogen-bond acceptors (Lipinski definition) is 6. The molecule has 0 saturated heterocycles. The summed E-state index contributed by atoms with van der Waals surface area (Å²) >= 11 is 3.39. The first kappa shape index (κ1) is 29.2. The number of fused-ring (bicyclic) bond motifs is 2. The Balaban J connectivity index is 1.51. The Kier molecular flexibility index (Phi) is 8.81. The Morgan fingerprint density at radius 2 is 0.841 bits per heavy atom. The molecular weight excluding hydrogens is 581 g/mol. The summed E-state index contributed by atoms with van der Waals surface area (Å²) < 4.78 is 0. The summed E-state index contributed by atoms with van der Waals surface area (Å²) in [5.74, 6) is -0.127. The molecule has 2 N–H and O–H groups in total. The summed E-state index contributed by atoms with van der Waals surface area (Å²) in [6.45, 7) is 0. The second kappa shape index (κ2) is 13.3. The van der Waals surface area contributed by atoms with Gasteiger partial charge < -0.3 is 10.6 Å². The van der Waals surface area contributed by atoms with E-state index in [4.69, 9.17) is 0 Å². The van der Waals surface area contributed by atoms with Crippen LogP contribution in [-0.4, -0.2) is 23.7 Å². The lowest BCUT2D eigenvalue weighted by molar-refractivity contribution is 0.0979. The van der Waals surface area contributed by atoms with Crippen LogP contribution in [0.15, 0.2) is 105 Å². The van der Waals surface area contributed by atoms with Gasteiger partial charge in [0.05, 0.1) is 32.3 Å². The van der Waals surface area contributed by atoms with Gasteiger partial charge in [0.1, 0.15) is 0 Å². The van der Waals surface area contributed by atoms with Gasteiger partial charge in [-0.25, -0.2) is 0 Å². The molecule has 0 bridgehead atoms. The molecular formula is C38H38N2O2S2. The van der Waals surface area contributed by atoms with E-state index >= 15 is 0 Å². The van der Waals surface area contributed by atoms with Crippen molar-refractivity contribution in [2.75, 3.05) is 10.6 Å². The number of rotatable bonds is 8. The number of hydrogen-bond donors (Lipinski definition) is 2. The van der Waals surface area contributed by atoms with E-state index in [1.54, 1.807) is 23.5 Å². The Labute approximate surface area is 268 Å². The highest BCUT2D eigenvalue weighted by atomic mass is 32.2. The third-order valence-electron chi connectivity index (χ3n) is 9.11. The zero-order chi connectivity index (χ0) is 29.9. The molecule has 0 unspecified atom stereocenters. The van der Waals surface area contributed by atoms with Crippen molar-refractivity contribution >= 4 is 46.5 Å². The highest BCUT2D eigenvalue weighted by Gasteiger charge is 2.39. The normalized spacial score (nSPS) is 17.2. The third kappa shape index (κ3) is 5.94. The van der Waals surface area contributed by atoms with Crippen molar-refractivity contribution in [2.24, 2.45) is 0 Å². The number of nitrogens with one attached hydrogen (secondary N) is 2. The summed E-state index contributed by atoms with van der Waals surface area (Å²) in [7, 11) is 0. The van der Waals surface area contributed by atoms with Crippen molar-refractivity contribution in [1.29, 1.82) is 0 Å². The Morgan fingerprint density at radius 1 is 0.477 bits per heavy atom. The van der Waals surface area contributed by atoms with Gasteiger partial charge in [0.15, 0.2) is 11.6 Å². The molecule has 0 amide bonds. The van der Waals surface area contributed by atoms with Crippen molar-refractivity contribution in [1.82, 2.24) is 0 Å². The summed E-state index contributed by atoms with van der Waals surface area (Å²) in [6.07, 6.45) is 11.4. The average Bonchev–Trinajstić information content (AvgIpc) is 3.08. The van der Waals surface area contributed by atoms with Gasteiger partial charge >= 0.3 is 0 Å². The molecule has 0 heterocycles. The lowest BCUT2D eigenvalue weighted by Gasteiger charge is -2.33. The van der Waals surface area contributed by atoms with E-state index < -0.39 is 0 Å². The standard InChI is InChI=1S/C38H38N2O2S2/c41-35-29-23-13-14-24-30(29)36(42)32-31(35)33(39-25-15-5-1-6-16-25)37(43-27-19-9-3-10-20-27)38(44-28-21-11-4-12-22-28)34(32)40-26-17-7-2-8-18-26/h3-4,9-14,19-26,39-40H,1-2,5-8,15-18H2. The Hall–Kier alpha value is -3.48. The van der Waals surface area contributed by atoms with Crippen LogP contribution in [0.2, 0.25) is 0 Å². The number of ketones is 2. The minimum absolute atomic E-state index is 0.0635. The van der Waals surface area contributed by atoms with E-state index in [9.17, 15) is 9.59 Å². The molecule has 2 saturated carbocycles. The third-order valence-corrected chi connectivity index (χ3v) is 11.5. The fraction of sp³-hybridized carbons (Fsp3) is 0.316. The zero-order valence-corrected chi connectivity index (χ0v) is 26.6. The maximum absolute atomic E-state index is 14.6. The van der Waals surface area contributed by atoms with Crippen molar-refractivity contribution < 1.29 is 9.59 Å². The van der Waals surface area contributed by atoms with Crippen LogP contribution >= 0.6 is 23.5 Å². The maximum Gasteiger partial charge on any atom is 0.196 e. The van der Waals surface area contributed by atoms with Crippen LogP contribution in [0.25, 0.3) is 0 Å². The van der Waals surface area contributed by atoms with Crippen LogP contribution in [0.1, 0.15) is 96.1 Å². The summed E-state index contributed by atoms with van der Waals surface area (Å²) in [5, 5.41) is 7.80. The van der Waals surface area contributed by atoms with Gasteiger partial charge in [0, 0.05) is 33.0 Å².